The van der Waals surface area contributed by atoms with E-state index in [1.54, 1.807) is 0 Å². The minimum Gasteiger partial charge on any atom is -0.493 e. The SMILES string of the molecule is Cc1ccc(C)c(OCCCCC(=O)NC(C)(C)c2nn[nH]n2)c1. The molecule has 0 unspecified atom stereocenters. The topological polar surface area (TPSA) is 92.8 Å². The fraction of sp³-hybridized carbons (Fsp3) is 0.529. The second-order valence-corrected chi connectivity index (χ2v) is 6.48. The largest absolute Gasteiger partial charge is 0.493 e. The van der Waals surface area contributed by atoms with Crippen molar-refractivity contribution < 1.29 is 9.53 Å². The minimum absolute atomic E-state index is 0.0310. The molecule has 2 aromatic rings. The third kappa shape index (κ3) is 5.04. The molecule has 130 valence electrons. The van der Waals surface area contributed by atoms with Crippen LogP contribution in [0.5, 0.6) is 5.75 Å². The van der Waals surface area contributed by atoms with E-state index in [9.17, 15) is 4.79 Å². The number of hydrogen-bond acceptors (Lipinski definition) is 5. The Bertz CT molecular complexity index is 668. The van der Waals surface area contributed by atoms with E-state index in [2.05, 4.69) is 38.1 Å². The minimum atomic E-state index is -0.640. The molecule has 0 aliphatic heterocycles. The van der Waals surface area contributed by atoms with Gasteiger partial charge in [-0.1, -0.05) is 17.3 Å². The maximum atomic E-state index is 12.0. The first-order chi connectivity index (χ1) is 11.4. The van der Waals surface area contributed by atoms with Crippen LogP contribution in [0.15, 0.2) is 18.2 Å². The van der Waals surface area contributed by atoms with E-state index in [0.717, 1.165) is 24.2 Å². The molecule has 0 fully saturated rings. The van der Waals surface area contributed by atoms with Gasteiger partial charge < -0.3 is 10.1 Å². The number of carbonyl (C=O) groups excluding carboxylic acids is 1. The van der Waals surface area contributed by atoms with Gasteiger partial charge in [-0.3, -0.25) is 4.79 Å². The van der Waals surface area contributed by atoms with Gasteiger partial charge in [0, 0.05) is 6.42 Å². The zero-order valence-electron chi connectivity index (χ0n) is 14.7. The molecule has 0 saturated heterocycles. The van der Waals surface area contributed by atoms with Crippen molar-refractivity contribution in [2.75, 3.05) is 6.61 Å². The molecule has 7 heteroatoms. The first-order valence-electron chi connectivity index (χ1n) is 8.13. The van der Waals surface area contributed by atoms with E-state index in [0.29, 0.717) is 18.9 Å². The molecule has 0 aliphatic rings. The molecular weight excluding hydrogens is 306 g/mol. The first kappa shape index (κ1) is 17.9. The summed E-state index contributed by atoms with van der Waals surface area (Å²) in [7, 11) is 0. The summed E-state index contributed by atoms with van der Waals surface area (Å²) < 4.78 is 5.80. The average molecular weight is 331 g/mol. The number of nitrogens with one attached hydrogen (secondary N) is 2. The average Bonchev–Trinajstić information content (AvgIpc) is 3.05. The van der Waals surface area contributed by atoms with Gasteiger partial charge in [-0.25, -0.2) is 0 Å². The summed E-state index contributed by atoms with van der Waals surface area (Å²) in [5.74, 6) is 1.35. The van der Waals surface area contributed by atoms with E-state index < -0.39 is 5.54 Å². The zero-order chi connectivity index (χ0) is 17.6. The molecule has 1 amide bonds. The van der Waals surface area contributed by atoms with Gasteiger partial charge in [0.1, 0.15) is 5.75 Å². The molecule has 0 bridgehead atoms. The van der Waals surface area contributed by atoms with E-state index in [1.165, 1.54) is 5.56 Å². The number of nitrogens with zero attached hydrogens (tertiary/aromatic N) is 3. The van der Waals surface area contributed by atoms with Crippen LogP contribution in [-0.2, 0) is 10.3 Å². The van der Waals surface area contributed by atoms with Crippen molar-refractivity contribution in [1.82, 2.24) is 25.9 Å². The lowest BCUT2D eigenvalue weighted by atomic mass is 10.0. The fourth-order valence-corrected chi connectivity index (χ4v) is 2.33. The van der Waals surface area contributed by atoms with Gasteiger partial charge in [-0.15, -0.1) is 10.2 Å². The lowest BCUT2D eigenvalue weighted by Crippen LogP contribution is -2.41. The maximum Gasteiger partial charge on any atom is 0.220 e. The Morgan fingerprint density at radius 3 is 2.79 bits per heavy atom. The molecule has 2 rings (SSSR count). The number of aryl methyl sites for hydroxylation is 2. The number of tetrazole rings is 1. The quantitative estimate of drug-likeness (QED) is 0.725. The molecule has 0 radical (unpaired) electrons. The molecule has 2 N–H and O–H groups in total. The lowest BCUT2D eigenvalue weighted by Gasteiger charge is -2.22. The molecule has 0 aliphatic carbocycles. The molecule has 1 heterocycles. The summed E-state index contributed by atoms with van der Waals surface area (Å²) in [6.45, 7) is 8.37. The summed E-state index contributed by atoms with van der Waals surface area (Å²) in [4.78, 5) is 12.0. The summed E-state index contributed by atoms with van der Waals surface area (Å²) >= 11 is 0. The number of H-pyrrole nitrogens is 1. The van der Waals surface area contributed by atoms with Crippen molar-refractivity contribution in [3.8, 4) is 5.75 Å². The Morgan fingerprint density at radius 2 is 2.08 bits per heavy atom. The second kappa shape index (κ2) is 7.90. The third-order valence-corrected chi connectivity index (χ3v) is 3.76. The number of rotatable bonds is 8. The molecular formula is C17H25N5O2. The van der Waals surface area contributed by atoms with Crippen LogP contribution in [0.2, 0.25) is 0 Å². The monoisotopic (exact) mass is 331 g/mol. The number of hydrogen-bond donors (Lipinski definition) is 2. The molecule has 1 aromatic heterocycles. The van der Waals surface area contributed by atoms with Crippen LogP contribution in [0.4, 0.5) is 0 Å². The van der Waals surface area contributed by atoms with E-state index in [1.807, 2.05) is 33.8 Å². The van der Waals surface area contributed by atoms with Gasteiger partial charge in [0.15, 0.2) is 5.82 Å². The number of aromatic nitrogens is 4. The molecule has 7 nitrogen and oxygen atoms in total. The predicted octanol–water partition coefficient (Wildman–Crippen LogP) is 2.42. The summed E-state index contributed by atoms with van der Waals surface area (Å²) in [5.41, 5.74) is 1.66. The predicted molar refractivity (Wildman–Crippen MR) is 90.6 cm³/mol. The lowest BCUT2D eigenvalue weighted by molar-refractivity contribution is -0.123. The molecule has 1 aromatic carbocycles. The number of ether oxygens (including phenoxy) is 1. The van der Waals surface area contributed by atoms with Crippen LogP contribution in [0.1, 0.15) is 50.1 Å². The van der Waals surface area contributed by atoms with Crippen LogP contribution in [0.3, 0.4) is 0 Å². The van der Waals surface area contributed by atoms with Gasteiger partial charge >= 0.3 is 0 Å². The van der Waals surface area contributed by atoms with Crippen molar-refractivity contribution in [2.24, 2.45) is 0 Å². The van der Waals surface area contributed by atoms with Crippen LogP contribution < -0.4 is 10.1 Å². The highest BCUT2D eigenvalue weighted by atomic mass is 16.5. The smallest absolute Gasteiger partial charge is 0.220 e. The summed E-state index contributed by atoms with van der Waals surface area (Å²) in [6, 6.07) is 6.16. The van der Waals surface area contributed by atoms with Gasteiger partial charge in [0.2, 0.25) is 5.91 Å². The van der Waals surface area contributed by atoms with E-state index >= 15 is 0 Å². The van der Waals surface area contributed by atoms with Gasteiger partial charge in [-0.2, -0.15) is 5.21 Å². The van der Waals surface area contributed by atoms with E-state index in [4.69, 9.17) is 4.74 Å². The number of benzene rings is 1. The number of amides is 1. The summed E-state index contributed by atoms with van der Waals surface area (Å²) in [5, 5.41) is 16.7. The fourth-order valence-electron chi connectivity index (χ4n) is 2.33. The number of carbonyl (C=O) groups is 1. The Kier molecular flexibility index (Phi) is 5.89. The highest BCUT2D eigenvalue weighted by Crippen LogP contribution is 2.19. The Hall–Kier alpha value is -2.44. The Balaban J connectivity index is 1.69. The first-order valence-corrected chi connectivity index (χ1v) is 8.13. The normalized spacial score (nSPS) is 11.3. The number of aromatic amines is 1. The van der Waals surface area contributed by atoms with Gasteiger partial charge in [0.25, 0.3) is 0 Å². The highest BCUT2D eigenvalue weighted by Gasteiger charge is 2.26. The second-order valence-electron chi connectivity index (χ2n) is 6.48. The summed E-state index contributed by atoms with van der Waals surface area (Å²) in [6.07, 6.45) is 2.03. The van der Waals surface area contributed by atoms with Gasteiger partial charge in [0.05, 0.1) is 12.1 Å². The van der Waals surface area contributed by atoms with Crippen molar-refractivity contribution in [3.05, 3.63) is 35.2 Å². The van der Waals surface area contributed by atoms with Gasteiger partial charge in [-0.05, 0) is 57.7 Å². The highest BCUT2D eigenvalue weighted by molar-refractivity contribution is 5.76. The maximum absolute atomic E-state index is 12.0. The number of unbranched alkanes of at least 4 members (excludes halogenated alkanes) is 1. The van der Waals surface area contributed by atoms with Crippen LogP contribution in [0, 0.1) is 13.8 Å². The molecule has 0 atom stereocenters. The van der Waals surface area contributed by atoms with Crippen molar-refractivity contribution >= 4 is 5.91 Å². The Morgan fingerprint density at radius 1 is 1.29 bits per heavy atom. The van der Waals surface area contributed by atoms with Crippen molar-refractivity contribution in [1.29, 1.82) is 0 Å². The molecule has 0 saturated carbocycles. The third-order valence-electron chi connectivity index (χ3n) is 3.76. The van der Waals surface area contributed by atoms with Crippen LogP contribution >= 0.6 is 0 Å². The van der Waals surface area contributed by atoms with Crippen molar-refractivity contribution in [2.45, 2.75) is 52.5 Å². The zero-order valence-corrected chi connectivity index (χ0v) is 14.7. The van der Waals surface area contributed by atoms with Crippen LogP contribution in [0.25, 0.3) is 0 Å². The standard InChI is InChI=1S/C17H25N5O2/c1-12-8-9-13(2)14(11-12)24-10-6-5-7-15(23)18-17(3,4)16-19-21-22-20-16/h8-9,11H,5-7,10H2,1-4H3,(H,18,23)(H,19,20,21,22). The van der Waals surface area contributed by atoms with E-state index in [-0.39, 0.29) is 5.91 Å². The molecule has 24 heavy (non-hydrogen) atoms. The Labute approximate surface area is 142 Å². The van der Waals surface area contributed by atoms with Crippen molar-refractivity contribution in [3.63, 3.8) is 0 Å². The molecule has 0 spiro atoms. The van der Waals surface area contributed by atoms with Crippen LogP contribution in [-0.4, -0.2) is 33.1 Å².